The minimum absolute atomic E-state index is 0.135. The minimum Gasteiger partial charge on any atom is -0.504 e. The number of methoxy groups -OCH3 is 2. The lowest BCUT2D eigenvalue weighted by molar-refractivity contribution is 0.373. The van der Waals surface area contributed by atoms with E-state index in [-0.39, 0.29) is 5.75 Å². The van der Waals surface area contributed by atoms with E-state index >= 15 is 0 Å². The molecule has 0 saturated heterocycles. The molecule has 0 atom stereocenters. The maximum absolute atomic E-state index is 9.57. The van der Waals surface area contributed by atoms with Crippen LogP contribution in [0.25, 0.3) is 0 Å². The number of aromatic hydroxyl groups is 1. The molecule has 20 heavy (non-hydrogen) atoms. The molecule has 0 radical (unpaired) electrons. The summed E-state index contributed by atoms with van der Waals surface area (Å²) < 4.78 is 11.4. The number of phenolic OH excluding ortho intramolecular Hbond substituents is 1. The number of phenols is 1. The smallest absolute Gasteiger partial charge is 0.160 e. The van der Waals surface area contributed by atoms with Crippen molar-refractivity contribution in [2.24, 2.45) is 0 Å². The number of ether oxygens (including phenoxy) is 2. The van der Waals surface area contributed by atoms with Crippen molar-refractivity contribution in [3.8, 4) is 17.2 Å². The fourth-order valence-electron chi connectivity index (χ4n) is 1.85. The lowest BCUT2D eigenvalue weighted by Gasteiger charge is -2.12. The van der Waals surface area contributed by atoms with Gasteiger partial charge in [0.05, 0.1) is 19.9 Å². The van der Waals surface area contributed by atoms with Crippen LogP contribution in [0, 0.1) is 0 Å². The Morgan fingerprint density at radius 3 is 2.50 bits per heavy atom. The third-order valence-electron chi connectivity index (χ3n) is 2.89. The van der Waals surface area contributed by atoms with Crippen LogP contribution in [0.3, 0.4) is 0 Å². The van der Waals surface area contributed by atoms with Gasteiger partial charge >= 0.3 is 0 Å². The van der Waals surface area contributed by atoms with E-state index in [0.29, 0.717) is 12.3 Å². The van der Waals surface area contributed by atoms with Crippen molar-refractivity contribution in [3.63, 3.8) is 0 Å². The first-order valence-electron chi connectivity index (χ1n) is 6.07. The van der Waals surface area contributed by atoms with Crippen molar-refractivity contribution in [3.05, 3.63) is 46.4 Å². The highest BCUT2D eigenvalue weighted by Gasteiger charge is 2.05. The molecule has 0 aliphatic carbocycles. The van der Waals surface area contributed by atoms with Gasteiger partial charge in [-0.2, -0.15) is 0 Å². The number of halogens is 1. The molecule has 2 rings (SSSR count). The number of anilines is 1. The lowest BCUT2D eigenvalue weighted by Crippen LogP contribution is -2.01. The number of hydrogen-bond acceptors (Lipinski definition) is 4. The molecule has 0 spiro atoms. The van der Waals surface area contributed by atoms with Gasteiger partial charge in [0.1, 0.15) is 5.75 Å². The van der Waals surface area contributed by atoms with Crippen molar-refractivity contribution < 1.29 is 14.6 Å². The molecule has 0 amide bonds. The van der Waals surface area contributed by atoms with Crippen LogP contribution in [0.4, 0.5) is 5.69 Å². The van der Waals surface area contributed by atoms with Crippen LogP contribution in [0.5, 0.6) is 17.2 Å². The van der Waals surface area contributed by atoms with E-state index in [4.69, 9.17) is 9.47 Å². The Kier molecular flexibility index (Phi) is 4.74. The monoisotopic (exact) mass is 337 g/mol. The molecule has 0 unspecified atom stereocenters. The number of hydrogen-bond donors (Lipinski definition) is 2. The molecule has 0 fully saturated rings. The van der Waals surface area contributed by atoms with Gasteiger partial charge in [-0.1, -0.05) is 22.0 Å². The summed E-state index contributed by atoms with van der Waals surface area (Å²) in [6.07, 6.45) is 0. The van der Waals surface area contributed by atoms with Crippen LogP contribution in [0.2, 0.25) is 0 Å². The molecule has 0 aromatic heterocycles. The standard InChI is InChI=1S/C15H16BrNO3/c1-19-14-6-4-11(16)8-12(14)17-9-10-3-5-13(18)15(7-10)20-2/h3-8,17-18H,9H2,1-2H3. The van der Waals surface area contributed by atoms with E-state index in [1.54, 1.807) is 19.2 Å². The number of rotatable bonds is 5. The van der Waals surface area contributed by atoms with E-state index < -0.39 is 0 Å². The molecule has 0 aliphatic heterocycles. The van der Waals surface area contributed by atoms with Gasteiger partial charge < -0.3 is 19.9 Å². The van der Waals surface area contributed by atoms with Crippen LogP contribution in [0.15, 0.2) is 40.9 Å². The van der Waals surface area contributed by atoms with Crippen molar-refractivity contribution in [1.82, 2.24) is 0 Å². The Bertz CT molecular complexity index is 602. The lowest BCUT2D eigenvalue weighted by atomic mass is 10.2. The van der Waals surface area contributed by atoms with Crippen molar-refractivity contribution in [2.75, 3.05) is 19.5 Å². The average Bonchev–Trinajstić information content (AvgIpc) is 2.46. The third-order valence-corrected chi connectivity index (χ3v) is 3.38. The van der Waals surface area contributed by atoms with Gasteiger partial charge in [0.2, 0.25) is 0 Å². The van der Waals surface area contributed by atoms with Crippen molar-refractivity contribution in [1.29, 1.82) is 0 Å². The molecule has 0 bridgehead atoms. The third kappa shape index (κ3) is 3.36. The zero-order valence-corrected chi connectivity index (χ0v) is 12.9. The van der Waals surface area contributed by atoms with E-state index in [9.17, 15) is 5.11 Å². The summed E-state index contributed by atoms with van der Waals surface area (Å²) in [4.78, 5) is 0. The van der Waals surface area contributed by atoms with Crippen LogP contribution in [-0.2, 0) is 6.54 Å². The molecule has 5 heteroatoms. The minimum atomic E-state index is 0.135. The van der Waals surface area contributed by atoms with Gasteiger partial charge in [0.15, 0.2) is 11.5 Å². The molecule has 2 aromatic carbocycles. The van der Waals surface area contributed by atoms with E-state index in [0.717, 1.165) is 21.5 Å². The SMILES string of the molecule is COc1cc(CNc2cc(Br)ccc2OC)ccc1O. The fourth-order valence-corrected chi connectivity index (χ4v) is 2.21. The van der Waals surface area contributed by atoms with Gasteiger partial charge in [0.25, 0.3) is 0 Å². The molecule has 2 aromatic rings. The van der Waals surface area contributed by atoms with Gasteiger partial charge in [0, 0.05) is 11.0 Å². The second kappa shape index (κ2) is 6.52. The van der Waals surface area contributed by atoms with E-state index in [1.807, 2.05) is 24.3 Å². The van der Waals surface area contributed by atoms with E-state index in [2.05, 4.69) is 21.2 Å². The van der Waals surface area contributed by atoms with Gasteiger partial charge in [-0.25, -0.2) is 0 Å². The number of benzene rings is 2. The highest BCUT2D eigenvalue weighted by molar-refractivity contribution is 9.10. The van der Waals surface area contributed by atoms with E-state index in [1.165, 1.54) is 7.11 Å². The largest absolute Gasteiger partial charge is 0.504 e. The van der Waals surface area contributed by atoms with Crippen molar-refractivity contribution in [2.45, 2.75) is 6.54 Å². The summed E-state index contributed by atoms with van der Waals surface area (Å²) in [6.45, 7) is 0.601. The molecule has 106 valence electrons. The fraction of sp³-hybridized carbons (Fsp3) is 0.200. The number of nitrogens with one attached hydrogen (secondary N) is 1. The highest BCUT2D eigenvalue weighted by Crippen LogP contribution is 2.30. The summed E-state index contributed by atoms with van der Waals surface area (Å²) in [5.74, 6) is 1.38. The Labute approximate surface area is 126 Å². The summed E-state index contributed by atoms with van der Waals surface area (Å²) in [5, 5.41) is 12.9. The second-order valence-corrected chi connectivity index (χ2v) is 5.12. The predicted octanol–water partition coefficient (Wildman–Crippen LogP) is 3.78. The van der Waals surface area contributed by atoms with Crippen LogP contribution < -0.4 is 14.8 Å². The molecular formula is C15H16BrNO3. The molecule has 2 N–H and O–H groups in total. The second-order valence-electron chi connectivity index (χ2n) is 4.20. The zero-order chi connectivity index (χ0) is 14.5. The van der Waals surface area contributed by atoms with Crippen LogP contribution in [-0.4, -0.2) is 19.3 Å². The predicted molar refractivity (Wildman–Crippen MR) is 82.7 cm³/mol. The summed E-state index contributed by atoms with van der Waals surface area (Å²) >= 11 is 3.44. The van der Waals surface area contributed by atoms with Gasteiger partial charge in [-0.05, 0) is 35.9 Å². The summed E-state index contributed by atoms with van der Waals surface area (Å²) in [7, 11) is 3.17. The Morgan fingerprint density at radius 2 is 1.80 bits per heavy atom. The quantitative estimate of drug-likeness (QED) is 0.871. The van der Waals surface area contributed by atoms with Crippen LogP contribution in [0.1, 0.15) is 5.56 Å². The molecule has 0 aliphatic rings. The van der Waals surface area contributed by atoms with Gasteiger partial charge in [-0.3, -0.25) is 0 Å². The maximum atomic E-state index is 9.57. The first-order chi connectivity index (χ1) is 9.63. The molecular weight excluding hydrogens is 322 g/mol. The first kappa shape index (κ1) is 14.5. The van der Waals surface area contributed by atoms with Gasteiger partial charge in [-0.15, -0.1) is 0 Å². The normalized spacial score (nSPS) is 10.2. The molecule has 0 heterocycles. The summed E-state index contributed by atoms with van der Waals surface area (Å²) in [5.41, 5.74) is 1.90. The maximum Gasteiger partial charge on any atom is 0.160 e. The zero-order valence-electron chi connectivity index (χ0n) is 11.3. The Hall–Kier alpha value is -1.88. The average molecular weight is 338 g/mol. The van der Waals surface area contributed by atoms with Crippen molar-refractivity contribution >= 4 is 21.6 Å². The molecule has 0 saturated carbocycles. The van der Waals surface area contributed by atoms with Crippen LogP contribution >= 0.6 is 15.9 Å². The highest BCUT2D eigenvalue weighted by atomic mass is 79.9. The molecule has 4 nitrogen and oxygen atoms in total. The summed E-state index contributed by atoms with van der Waals surface area (Å²) in [6, 6.07) is 11.0. The Balaban J connectivity index is 2.14. The topological polar surface area (TPSA) is 50.7 Å². The first-order valence-corrected chi connectivity index (χ1v) is 6.86. The Morgan fingerprint density at radius 1 is 1.05 bits per heavy atom.